The summed E-state index contributed by atoms with van der Waals surface area (Å²) in [6, 6.07) is 9.29. The van der Waals surface area contributed by atoms with Crippen molar-refractivity contribution in [2.45, 2.75) is 20.2 Å². The maximum absolute atomic E-state index is 12.9. The first-order chi connectivity index (χ1) is 13.3. The van der Waals surface area contributed by atoms with Crippen molar-refractivity contribution in [3.05, 3.63) is 47.8 Å². The fraction of sp³-hybridized carbons (Fsp3) is 0.211. The summed E-state index contributed by atoms with van der Waals surface area (Å²) in [5.74, 6) is 0.299. The highest BCUT2D eigenvalue weighted by atomic mass is 19.4. The van der Waals surface area contributed by atoms with Crippen molar-refractivity contribution in [1.29, 1.82) is 0 Å². The van der Waals surface area contributed by atoms with Gasteiger partial charge in [-0.05, 0) is 32.0 Å². The molecule has 0 atom stereocenters. The van der Waals surface area contributed by atoms with Gasteiger partial charge in [-0.3, -0.25) is 4.40 Å². The molecule has 4 aromatic rings. The molecule has 0 spiro atoms. The summed E-state index contributed by atoms with van der Waals surface area (Å²) in [6.07, 6.45) is -4.82. The number of aromatic nitrogens is 4. The van der Waals surface area contributed by atoms with Crippen molar-refractivity contribution >= 4 is 16.7 Å². The Bertz CT molecular complexity index is 1200. The van der Waals surface area contributed by atoms with Crippen LogP contribution in [-0.4, -0.2) is 32.8 Å². The molecule has 0 fully saturated rings. The quantitative estimate of drug-likeness (QED) is 0.518. The standard InChI is InChI=1S/C19H15F3N4O2/c1-10-16-11(2)24-17(12-6-4-5-7-14(12)28-19(20,21)22)26(16)18-13(23-10)8-9-15(25-18)27-3/h4-9H,1-3H3. The number of hydrogen-bond donors (Lipinski definition) is 0. The number of hydrogen-bond acceptors (Lipinski definition) is 5. The Morgan fingerprint density at radius 3 is 2.36 bits per heavy atom. The van der Waals surface area contributed by atoms with Gasteiger partial charge in [-0.1, -0.05) is 12.1 Å². The van der Waals surface area contributed by atoms with Gasteiger partial charge in [0.05, 0.1) is 29.6 Å². The van der Waals surface area contributed by atoms with Crippen LogP contribution in [0.15, 0.2) is 36.4 Å². The van der Waals surface area contributed by atoms with Crippen LogP contribution < -0.4 is 9.47 Å². The Morgan fingerprint density at radius 1 is 0.929 bits per heavy atom. The van der Waals surface area contributed by atoms with E-state index in [0.717, 1.165) is 0 Å². The molecule has 1 aromatic carbocycles. The Balaban J connectivity index is 2.09. The maximum atomic E-state index is 12.9. The average Bonchev–Trinajstić information content (AvgIpc) is 2.99. The highest BCUT2D eigenvalue weighted by Crippen LogP contribution is 2.35. The normalized spacial score (nSPS) is 11.9. The Kier molecular flexibility index (Phi) is 4.10. The number of rotatable bonds is 3. The minimum absolute atomic E-state index is 0.194. The van der Waals surface area contributed by atoms with E-state index in [0.29, 0.717) is 33.9 Å². The molecule has 3 heterocycles. The lowest BCUT2D eigenvalue weighted by atomic mass is 10.2. The second-order valence-electron chi connectivity index (χ2n) is 6.14. The Morgan fingerprint density at radius 2 is 1.64 bits per heavy atom. The first kappa shape index (κ1) is 18.0. The van der Waals surface area contributed by atoms with Crippen molar-refractivity contribution in [2.24, 2.45) is 0 Å². The summed E-state index contributed by atoms with van der Waals surface area (Å²) < 4.78 is 49.8. The number of fused-ring (bicyclic) bond motifs is 3. The summed E-state index contributed by atoms with van der Waals surface area (Å²) in [6.45, 7) is 3.59. The third-order valence-electron chi connectivity index (χ3n) is 4.29. The lowest BCUT2D eigenvalue weighted by molar-refractivity contribution is -0.274. The fourth-order valence-electron chi connectivity index (χ4n) is 3.23. The predicted molar refractivity (Wildman–Crippen MR) is 96.4 cm³/mol. The molecule has 4 rings (SSSR count). The zero-order chi connectivity index (χ0) is 20.1. The number of ether oxygens (including phenoxy) is 2. The number of nitrogens with zero attached hydrogens (tertiary/aromatic N) is 4. The van der Waals surface area contributed by atoms with Gasteiger partial charge in [0.1, 0.15) is 17.1 Å². The van der Waals surface area contributed by atoms with Crippen LogP contribution in [-0.2, 0) is 0 Å². The molecule has 0 radical (unpaired) electrons. The molecule has 0 aliphatic heterocycles. The van der Waals surface area contributed by atoms with Crippen molar-refractivity contribution in [1.82, 2.24) is 19.4 Å². The molecule has 0 amide bonds. The molecular formula is C19H15F3N4O2. The van der Waals surface area contributed by atoms with Crippen LogP contribution in [0.3, 0.4) is 0 Å². The van der Waals surface area contributed by atoms with Crippen molar-refractivity contribution < 1.29 is 22.6 Å². The second kappa shape index (κ2) is 6.36. The Labute approximate surface area is 157 Å². The van der Waals surface area contributed by atoms with Crippen LogP contribution in [0.5, 0.6) is 11.6 Å². The highest BCUT2D eigenvalue weighted by Gasteiger charge is 2.33. The monoisotopic (exact) mass is 388 g/mol. The van der Waals surface area contributed by atoms with Crippen LogP contribution >= 0.6 is 0 Å². The van der Waals surface area contributed by atoms with Gasteiger partial charge in [-0.2, -0.15) is 4.98 Å². The van der Waals surface area contributed by atoms with Crippen molar-refractivity contribution in [3.63, 3.8) is 0 Å². The van der Waals surface area contributed by atoms with Crippen LogP contribution in [0.25, 0.3) is 28.1 Å². The number of benzene rings is 1. The largest absolute Gasteiger partial charge is 0.573 e. The molecule has 0 unspecified atom stereocenters. The van der Waals surface area contributed by atoms with Gasteiger partial charge in [0.2, 0.25) is 5.88 Å². The van der Waals surface area contributed by atoms with E-state index in [1.807, 2.05) is 6.92 Å². The van der Waals surface area contributed by atoms with E-state index in [2.05, 4.69) is 19.7 Å². The third-order valence-corrected chi connectivity index (χ3v) is 4.29. The van der Waals surface area contributed by atoms with Gasteiger partial charge >= 0.3 is 6.36 Å². The summed E-state index contributed by atoms with van der Waals surface area (Å²) in [5.41, 5.74) is 3.17. The molecule has 0 saturated carbocycles. The lowest BCUT2D eigenvalue weighted by Crippen LogP contribution is -2.17. The van der Waals surface area contributed by atoms with E-state index in [4.69, 9.17) is 4.74 Å². The molecule has 6 nitrogen and oxygen atoms in total. The SMILES string of the molecule is COc1ccc2nc(C)c3c(C)nc(-c4ccccc4OC(F)(F)F)n3c2n1. The molecule has 0 aliphatic rings. The van der Waals surface area contributed by atoms with E-state index in [9.17, 15) is 13.2 Å². The average molecular weight is 388 g/mol. The molecular weight excluding hydrogens is 373 g/mol. The fourth-order valence-corrected chi connectivity index (χ4v) is 3.23. The van der Waals surface area contributed by atoms with Gasteiger partial charge in [0, 0.05) is 6.07 Å². The summed E-state index contributed by atoms with van der Waals surface area (Å²) in [5, 5.41) is 0. The van der Waals surface area contributed by atoms with Crippen LogP contribution in [0.4, 0.5) is 13.2 Å². The number of methoxy groups -OCH3 is 1. The highest BCUT2D eigenvalue weighted by molar-refractivity contribution is 5.82. The molecule has 0 bridgehead atoms. The number of para-hydroxylation sites is 1. The zero-order valence-electron chi connectivity index (χ0n) is 15.2. The van der Waals surface area contributed by atoms with Crippen LogP contribution in [0.1, 0.15) is 11.4 Å². The van der Waals surface area contributed by atoms with Crippen molar-refractivity contribution in [2.75, 3.05) is 7.11 Å². The van der Waals surface area contributed by atoms with Gasteiger partial charge in [0.25, 0.3) is 0 Å². The lowest BCUT2D eigenvalue weighted by Gasteiger charge is -2.13. The molecule has 0 saturated heterocycles. The Hall–Kier alpha value is -3.36. The van der Waals surface area contributed by atoms with E-state index >= 15 is 0 Å². The minimum Gasteiger partial charge on any atom is -0.481 e. The topological polar surface area (TPSA) is 61.5 Å². The molecule has 0 N–H and O–H groups in total. The first-order valence-corrected chi connectivity index (χ1v) is 8.34. The van der Waals surface area contributed by atoms with Gasteiger partial charge in [0.15, 0.2) is 5.65 Å². The maximum Gasteiger partial charge on any atom is 0.573 e. The number of pyridine rings is 1. The number of alkyl halides is 3. The van der Waals surface area contributed by atoms with Gasteiger partial charge in [-0.25, -0.2) is 9.97 Å². The van der Waals surface area contributed by atoms with E-state index in [-0.39, 0.29) is 17.1 Å². The molecule has 3 aromatic heterocycles. The number of halogens is 3. The third kappa shape index (κ3) is 2.98. The molecule has 9 heteroatoms. The number of aryl methyl sites for hydroxylation is 2. The van der Waals surface area contributed by atoms with E-state index < -0.39 is 6.36 Å². The van der Waals surface area contributed by atoms with Crippen LogP contribution in [0, 0.1) is 13.8 Å². The van der Waals surface area contributed by atoms with Crippen molar-refractivity contribution in [3.8, 4) is 23.0 Å². The summed E-state index contributed by atoms with van der Waals surface area (Å²) in [4.78, 5) is 13.5. The van der Waals surface area contributed by atoms with E-state index in [1.165, 1.54) is 25.3 Å². The summed E-state index contributed by atoms with van der Waals surface area (Å²) in [7, 11) is 1.49. The van der Waals surface area contributed by atoms with E-state index in [1.54, 1.807) is 29.5 Å². The molecule has 144 valence electrons. The first-order valence-electron chi connectivity index (χ1n) is 8.34. The predicted octanol–water partition coefficient (Wildman–Crippen LogP) is 4.47. The van der Waals surface area contributed by atoms with Crippen LogP contribution in [0.2, 0.25) is 0 Å². The minimum atomic E-state index is -4.82. The zero-order valence-corrected chi connectivity index (χ0v) is 15.2. The van der Waals surface area contributed by atoms with Gasteiger partial charge in [-0.15, -0.1) is 13.2 Å². The number of imidazole rings is 1. The second-order valence-corrected chi connectivity index (χ2v) is 6.14. The summed E-state index contributed by atoms with van der Waals surface area (Å²) >= 11 is 0. The molecule has 28 heavy (non-hydrogen) atoms. The smallest absolute Gasteiger partial charge is 0.481 e. The van der Waals surface area contributed by atoms with Gasteiger partial charge < -0.3 is 9.47 Å². The molecule has 0 aliphatic carbocycles.